The summed E-state index contributed by atoms with van der Waals surface area (Å²) in [5.74, 6) is 0.680. The number of hydrogen-bond acceptors (Lipinski definition) is 0. The molecule has 0 aliphatic heterocycles. The number of benzene rings is 1. The van der Waals surface area contributed by atoms with Crippen molar-refractivity contribution in [3.05, 3.63) is 81.3 Å². The highest BCUT2D eigenvalue weighted by Crippen LogP contribution is 2.33. The lowest BCUT2D eigenvalue weighted by Crippen LogP contribution is -2.22. The number of rotatable bonds is 0. The Hall–Kier alpha value is -2.08. The van der Waals surface area contributed by atoms with Crippen molar-refractivity contribution in [3.63, 3.8) is 0 Å². The van der Waals surface area contributed by atoms with Crippen molar-refractivity contribution in [2.45, 2.75) is 26.2 Å². The van der Waals surface area contributed by atoms with E-state index in [9.17, 15) is 0 Å². The highest BCUT2D eigenvalue weighted by Gasteiger charge is 2.16. The molecule has 0 saturated carbocycles. The topological polar surface area (TPSA) is 0 Å². The maximum atomic E-state index is 2.43. The van der Waals surface area contributed by atoms with Gasteiger partial charge in [-0.05, 0) is 58.4 Å². The summed E-state index contributed by atoms with van der Waals surface area (Å²) in [6, 6.07) is 8.68. The Labute approximate surface area is 126 Å². The molecule has 0 radical (unpaired) electrons. The van der Waals surface area contributed by atoms with Crippen LogP contribution < -0.4 is 10.4 Å². The van der Waals surface area contributed by atoms with Crippen LogP contribution >= 0.6 is 0 Å². The highest BCUT2D eigenvalue weighted by molar-refractivity contribution is 5.65. The first-order valence-electron chi connectivity index (χ1n) is 7.88. The molecule has 0 fully saturated rings. The van der Waals surface area contributed by atoms with Crippen molar-refractivity contribution < 1.29 is 0 Å². The van der Waals surface area contributed by atoms with E-state index in [0.717, 1.165) is 12.8 Å². The van der Waals surface area contributed by atoms with Crippen LogP contribution in [0.4, 0.5) is 0 Å². The molecule has 1 atom stereocenters. The molecule has 21 heavy (non-hydrogen) atoms. The summed E-state index contributed by atoms with van der Waals surface area (Å²) in [4.78, 5) is 0. The quantitative estimate of drug-likeness (QED) is 0.674. The molecule has 0 amide bonds. The molecule has 104 valence electrons. The van der Waals surface area contributed by atoms with E-state index in [1.807, 2.05) is 0 Å². The molecular weight excluding hydrogens is 252 g/mol. The van der Waals surface area contributed by atoms with Crippen LogP contribution in [-0.4, -0.2) is 0 Å². The minimum absolute atomic E-state index is 0.680. The van der Waals surface area contributed by atoms with Gasteiger partial charge in [-0.15, -0.1) is 0 Å². The number of allylic oxidation sites excluding steroid dienone is 8. The van der Waals surface area contributed by atoms with Gasteiger partial charge in [0.15, 0.2) is 0 Å². The molecule has 1 aromatic rings. The fourth-order valence-corrected chi connectivity index (χ4v) is 3.49. The first kappa shape index (κ1) is 12.6. The van der Waals surface area contributed by atoms with Crippen molar-refractivity contribution in [2.24, 2.45) is 5.92 Å². The van der Waals surface area contributed by atoms with Crippen molar-refractivity contribution in [1.29, 1.82) is 0 Å². The van der Waals surface area contributed by atoms with Gasteiger partial charge in [-0.3, -0.25) is 0 Å². The van der Waals surface area contributed by atoms with E-state index < -0.39 is 0 Å². The van der Waals surface area contributed by atoms with Crippen molar-refractivity contribution in [2.75, 3.05) is 0 Å². The van der Waals surface area contributed by atoms with Gasteiger partial charge >= 0.3 is 0 Å². The molecule has 0 spiro atoms. The second-order valence-electron chi connectivity index (χ2n) is 6.31. The summed E-state index contributed by atoms with van der Waals surface area (Å²) >= 11 is 0. The average Bonchev–Trinajstić information content (AvgIpc) is 2.76. The Balaban J connectivity index is 1.84. The van der Waals surface area contributed by atoms with Gasteiger partial charge in [0.2, 0.25) is 0 Å². The first-order valence-corrected chi connectivity index (χ1v) is 7.88. The third-order valence-corrected chi connectivity index (χ3v) is 4.70. The maximum Gasteiger partial charge on any atom is -0.00822 e. The van der Waals surface area contributed by atoms with Gasteiger partial charge in [-0.25, -0.2) is 0 Å². The predicted octanol–water partition coefficient (Wildman–Crippen LogP) is 3.80. The van der Waals surface area contributed by atoms with E-state index in [0.29, 0.717) is 5.92 Å². The SMILES string of the molecule is CC1C=CC2=C(CC=C3C=c4ccccc4=CCC3=C2)C1. The van der Waals surface area contributed by atoms with Crippen LogP contribution in [0, 0.1) is 5.92 Å². The maximum absolute atomic E-state index is 2.43. The van der Waals surface area contributed by atoms with Crippen LogP contribution in [0.2, 0.25) is 0 Å². The smallest absolute Gasteiger partial charge is 0.00822 e. The molecule has 4 rings (SSSR count). The lowest BCUT2D eigenvalue weighted by Gasteiger charge is -2.16. The molecule has 3 aliphatic carbocycles. The van der Waals surface area contributed by atoms with Crippen LogP contribution in [0.1, 0.15) is 26.2 Å². The largest absolute Gasteiger partial charge is 0.0808 e. The van der Waals surface area contributed by atoms with Crippen LogP contribution in [-0.2, 0) is 0 Å². The van der Waals surface area contributed by atoms with E-state index in [4.69, 9.17) is 0 Å². The molecule has 1 aromatic carbocycles. The Morgan fingerprint density at radius 2 is 1.81 bits per heavy atom. The highest BCUT2D eigenvalue weighted by atomic mass is 14.2. The van der Waals surface area contributed by atoms with Gasteiger partial charge in [0.05, 0.1) is 0 Å². The first-order chi connectivity index (χ1) is 10.3. The summed E-state index contributed by atoms with van der Waals surface area (Å²) < 4.78 is 0. The molecule has 0 aromatic heterocycles. The van der Waals surface area contributed by atoms with Crippen LogP contribution in [0.15, 0.2) is 70.9 Å². The van der Waals surface area contributed by atoms with Gasteiger partial charge in [-0.1, -0.05) is 67.1 Å². The second kappa shape index (κ2) is 5.04. The second-order valence-corrected chi connectivity index (χ2v) is 6.31. The zero-order chi connectivity index (χ0) is 14.2. The minimum Gasteiger partial charge on any atom is -0.0808 e. The van der Waals surface area contributed by atoms with E-state index in [1.165, 1.54) is 33.6 Å². The number of fused-ring (bicyclic) bond motifs is 2. The third kappa shape index (κ3) is 2.35. The van der Waals surface area contributed by atoms with E-state index in [1.54, 1.807) is 5.57 Å². The molecule has 0 saturated heterocycles. The van der Waals surface area contributed by atoms with Crippen LogP contribution in [0.25, 0.3) is 12.2 Å². The van der Waals surface area contributed by atoms with Crippen molar-refractivity contribution >= 4 is 12.2 Å². The summed E-state index contributed by atoms with van der Waals surface area (Å²) in [6.07, 6.45) is 17.6. The van der Waals surface area contributed by atoms with Gasteiger partial charge in [-0.2, -0.15) is 0 Å². The Morgan fingerprint density at radius 1 is 0.952 bits per heavy atom. The average molecular weight is 272 g/mol. The molecule has 3 aliphatic rings. The van der Waals surface area contributed by atoms with Crippen LogP contribution in [0.5, 0.6) is 0 Å². The summed E-state index contributed by atoms with van der Waals surface area (Å²) in [5, 5.41) is 2.70. The predicted molar refractivity (Wildman–Crippen MR) is 90.0 cm³/mol. The third-order valence-electron chi connectivity index (χ3n) is 4.70. The molecule has 0 bridgehead atoms. The fourth-order valence-electron chi connectivity index (χ4n) is 3.49. The zero-order valence-corrected chi connectivity index (χ0v) is 12.5. The van der Waals surface area contributed by atoms with Gasteiger partial charge in [0, 0.05) is 0 Å². The molecule has 0 nitrogen and oxygen atoms in total. The van der Waals surface area contributed by atoms with Crippen LogP contribution in [0.3, 0.4) is 0 Å². The monoisotopic (exact) mass is 272 g/mol. The Morgan fingerprint density at radius 3 is 2.71 bits per heavy atom. The lowest BCUT2D eigenvalue weighted by atomic mass is 9.89. The lowest BCUT2D eigenvalue weighted by molar-refractivity contribution is 0.692. The summed E-state index contributed by atoms with van der Waals surface area (Å²) in [5.41, 5.74) is 5.91. The van der Waals surface area contributed by atoms with E-state index in [-0.39, 0.29) is 0 Å². The normalized spacial score (nSPS) is 23.4. The molecule has 0 heteroatoms. The standard InChI is InChI=1S/C21H20/c1-15-6-7-19-14-20-9-8-16-4-2-3-5-17(16)13-21(20)11-10-18(19)12-15/h2-8,11,13-15H,9-10,12H2,1H3. The Kier molecular flexibility index (Phi) is 3.03. The molecule has 1 unspecified atom stereocenters. The van der Waals surface area contributed by atoms with E-state index in [2.05, 4.69) is 67.6 Å². The molecule has 0 N–H and O–H groups in total. The zero-order valence-electron chi connectivity index (χ0n) is 12.5. The van der Waals surface area contributed by atoms with Gasteiger partial charge < -0.3 is 0 Å². The minimum atomic E-state index is 0.680. The fraction of sp³-hybridized carbons (Fsp3) is 0.238. The summed E-state index contributed by atoms with van der Waals surface area (Å²) in [6.45, 7) is 2.31. The van der Waals surface area contributed by atoms with Crippen molar-refractivity contribution in [3.8, 4) is 0 Å². The number of hydrogen-bond donors (Lipinski definition) is 0. The molecule has 0 heterocycles. The van der Waals surface area contributed by atoms with Gasteiger partial charge in [0.1, 0.15) is 0 Å². The summed E-state index contributed by atoms with van der Waals surface area (Å²) in [7, 11) is 0. The Bertz CT molecular complexity index is 825. The van der Waals surface area contributed by atoms with Gasteiger partial charge in [0.25, 0.3) is 0 Å². The van der Waals surface area contributed by atoms with E-state index >= 15 is 0 Å². The molecular formula is C21H20. The van der Waals surface area contributed by atoms with Crippen molar-refractivity contribution in [1.82, 2.24) is 0 Å².